The molecule has 3 N–H and O–H groups in total. The molecular weight excluding hydrogens is 338 g/mol. The summed E-state index contributed by atoms with van der Waals surface area (Å²) in [5.74, 6) is 1.22. The first-order valence-corrected chi connectivity index (χ1v) is 8.68. The van der Waals surface area contributed by atoms with E-state index >= 15 is 0 Å². The van der Waals surface area contributed by atoms with Crippen LogP contribution in [0.25, 0.3) is 0 Å². The minimum Gasteiger partial charge on any atom is -0.405 e. The average molecular weight is 357 g/mol. The Hall–Kier alpha value is -2.81. The minimum absolute atomic E-state index is 0.00256. The standard InChI is InChI=1S/C16H19N7OS/c1-11-8-19-16(25-11)22-15(24)12-3-6-23(9-12)14-7-13(20-10-21-14)18-5-2-4-17/h2,4-5,7-8,10,12H,3,6,9,17H2,1H3,(H,19,22,24). The zero-order chi connectivity index (χ0) is 17.6. The molecule has 1 aliphatic heterocycles. The highest BCUT2D eigenvalue weighted by Crippen LogP contribution is 2.25. The highest BCUT2D eigenvalue weighted by molar-refractivity contribution is 7.15. The first-order chi connectivity index (χ1) is 12.2. The number of thiazole rings is 1. The number of rotatable bonds is 5. The van der Waals surface area contributed by atoms with Gasteiger partial charge in [-0.05, 0) is 25.6 Å². The lowest BCUT2D eigenvalue weighted by Crippen LogP contribution is -2.27. The lowest BCUT2D eigenvalue weighted by Gasteiger charge is -2.17. The summed E-state index contributed by atoms with van der Waals surface area (Å²) < 4.78 is 0. The molecule has 3 heterocycles. The van der Waals surface area contributed by atoms with Crippen LogP contribution in [0.3, 0.4) is 0 Å². The Bertz CT molecular complexity index is 801. The molecule has 0 saturated carbocycles. The van der Waals surface area contributed by atoms with E-state index < -0.39 is 0 Å². The van der Waals surface area contributed by atoms with Crippen molar-refractivity contribution in [1.82, 2.24) is 15.0 Å². The van der Waals surface area contributed by atoms with Crippen LogP contribution >= 0.6 is 11.3 Å². The van der Waals surface area contributed by atoms with Crippen molar-refractivity contribution in [2.24, 2.45) is 16.6 Å². The molecular formula is C16H19N7OS. The number of aryl methyl sites for hydroxylation is 1. The number of hydrogen-bond acceptors (Lipinski definition) is 8. The van der Waals surface area contributed by atoms with E-state index in [2.05, 4.69) is 30.2 Å². The summed E-state index contributed by atoms with van der Waals surface area (Å²) >= 11 is 1.48. The highest BCUT2D eigenvalue weighted by atomic mass is 32.1. The van der Waals surface area contributed by atoms with Gasteiger partial charge in [0.05, 0.1) is 5.92 Å². The molecule has 1 unspecified atom stereocenters. The third-order valence-corrected chi connectivity index (χ3v) is 4.60. The Balaban J connectivity index is 1.62. The van der Waals surface area contributed by atoms with E-state index in [9.17, 15) is 4.79 Å². The molecule has 130 valence electrons. The van der Waals surface area contributed by atoms with Gasteiger partial charge in [0, 0.05) is 36.4 Å². The molecule has 1 fully saturated rings. The van der Waals surface area contributed by atoms with Crippen LogP contribution in [-0.2, 0) is 4.79 Å². The normalized spacial score (nSPS) is 17.6. The summed E-state index contributed by atoms with van der Waals surface area (Å²) in [6.07, 6.45) is 8.60. The number of nitrogens with two attached hydrogens (primary N) is 1. The number of amides is 1. The number of anilines is 2. The minimum atomic E-state index is -0.0914. The first kappa shape index (κ1) is 17.0. The second-order valence-corrected chi connectivity index (χ2v) is 6.83. The van der Waals surface area contributed by atoms with Gasteiger partial charge in [-0.3, -0.25) is 4.79 Å². The molecule has 3 rings (SSSR count). The summed E-state index contributed by atoms with van der Waals surface area (Å²) in [7, 11) is 0. The maximum atomic E-state index is 12.4. The van der Waals surface area contributed by atoms with Gasteiger partial charge in [-0.2, -0.15) is 0 Å². The van der Waals surface area contributed by atoms with Gasteiger partial charge in [-0.25, -0.2) is 19.9 Å². The lowest BCUT2D eigenvalue weighted by atomic mass is 10.1. The summed E-state index contributed by atoms with van der Waals surface area (Å²) in [5.41, 5.74) is 5.27. The van der Waals surface area contributed by atoms with Gasteiger partial charge in [0.25, 0.3) is 0 Å². The van der Waals surface area contributed by atoms with Crippen molar-refractivity contribution in [3.8, 4) is 0 Å². The quantitative estimate of drug-likeness (QED) is 0.791. The molecule has 0 aromatic carbocycles. The van der Waals surface area contributed by atoms with Crippen LogP contribution in [0.15, 0.2) is 35.9 Å². The second-order valence-electron chi connectivity index (χ2n) is 5.59. The Kier molecular flexibility index (Phi) is 5.34. The largest absolute Gasteiger partial charge is 0.405 e. The monoisotopic (exact) mass is 357 g/mol. The molecule has 0 bridgehead atoms. The molecule has 8 nitrogen and oxygen atoms in total. The van der Waals surface area contributed by atoms with Crippen LogP contribution in [0.1, 0.15) is 11.3 Å². The molecule has 25 heavy (non-hydrogen) atoms. The molecule has 9 heteroatoms. The van der Waals surface area contributed by atoms with Crippen LogP contribution in [0.2, 0.25) is 0 Å². The molecule has 1 aliphatic rings. The molecule has 2 aromatic rings. The van der Waals surface area contributed by atoms with Crippen molar-refractivity contribution in [1.29, 1.82) is 0 Å². The second kappa shape index (κ2) is 7.84. The number of allylic oxidation sites excluding steroid dienone is 1. The lowest BCUT2D eigenvalue weighted by molar-refractivity contribution is -0.119. The van der Waals surface area contributed by atoms with Crippen molar-refractivity contribution in [3.63, 3.8) is 0 Å². The fourth-order valence-corrected chi connectivity index (χ4v) is 3.22. The average Bonchev–Trinajstić information content (AvgIpc) is 3.25. The van der Waals surface area contributed by atoms with Crippen molar-refractivity contribution in [3.05, 3.63) is 35.7 Å². The number of hydrogen-bond donors (Lipinski definition) is 2. The zero-order valence-corrected chi connectivity index (χ0v) is 14.6. The first-order valence-electron chi connectivity index (χ1n) is 7.87. The van der Waals surface area contributed by atoms with E-state index in [0.717, 1.165) is 23.7 Å². The molecule has 1 saturated heterocycles. The number of nitrogens with one attached hydrogen (secondary N) is 1. The number of carbonyl (C=O) groups is 1. The Labute approximate surface area is 149 Å². The number of aliphatic imine (C=N–C) groups is 1. The van der Waals surface area contributed by atoms with Gasteiger partial charge in [0.15, 0.2) is 10.9 Å². The van der Waals surface area contributed by atoms with E-state index in [1.54, 1.807) is 24.6 Å². The van der Waals surface area contributed by atoms with Gasteiger partial charge in [0.1, 0.15) is 12.1 Å². The van der Waals surface area contributed by atoms with E-state index in [1.165, 1.54) is 23.9 Å². The SMILES string of the molecule is Cc1cnc(NC(=O)C2CCN(c3cc(N=CC=CN)ncn3)C2)s1. The van der Waals surface area contributed by atoms with Crippen LogP contribution in [0, 0.1) is 12.8 Å². The number of nitrogens with zero attached hydrogens (tertiary/aromatic N) is 5. The fraction of sp³-hybridized carbons (Fsp3) is 0.312. The maximum absolute atomic E-state index is 12.4. The highest BCUT2D eigenvalue weighted by Gasteiger charge is 2.29. The van der Waals surface area contributed by atoms with E-state index in [4.69, 9.17) is 5.73 Å². The summed E-state index contributed by atoms with van der Waals surface area (Å²) in [5, 5.41) is 3.53. The van der Waals surface area contributed by atoms with Crippen molar-refractivity contribution in [2.45, 2.75) is 13.3 Å². The molecule has 2 aromatic heterocycles. The molecule has 1 atom stereocenters. The van der Waals surface area contributed by atoms with Crippen LogP contribution in [-0.4, -0.2) is 40.2 Å². The third kappa shape index (κ3) is 4.38. The predicted molar refractivity (Wildman–Crippen MR) is 99.3 cm³/mol. The topological polar surface area (TPSA) is 109 Å². The third-order valence-electron chi connectivity index (χ3n) is 3.78. The zero-order valence-electron chi connectivity index (χ0n) is 13.8. The van der Waals surface area contributed by atoms with E-state index in [0.29, 0.717) is 17.5 Å². The van der Waals surface area contributed by atoms with Crippen molar-refractivity contribution >= 4 is 40.2 Å². The molecule has 0 radical (unpaired) electrons. The maximum Gasteiger partial charge on any atom is 0.231 e. The fourth-order valence-electron chi connectivity index (χ4n) is 2.55. The van der Waals surface area contributed by atoms with Crippen LogP contribution in [0.5, 0.6) is 0 Å². The van der Waals surface area contributed by atoms with Gasteiger partial charge in [0.2, 0.25) is 5.91 Å². The summed E-state index contributed by atoms with van der Waals surface area (Å²) in [6, 6.07) is 1.80. The van der Waals surface area contributed by atoms with Gasteiger partial charge in [-0.15, -0.1) is 11.3 Å². The smallest absolute Gasteiger partial charge is 0.231 e. The number of aromatic nitrogens is 3. The van der Waals surface area contributed by atoms with Gasteiger partial charge >= 0.3 is 0 Å². The van der Waals surface area contributed by atoms with Crippen molar-refractivity contribution < 1.29 is 4.79 Å². The Morgan fingerprint density at radius 2 is 2.36 bits per heavy atom. The van der Waals surface area contributed by atoms with Gasteiger partial charge < -0.3 is 16.0 Å². The molecule has 0 aliphatic carbocycles. The van der Waals surface area contributed by atoms with Crippen LogP contribution in [0.4, 0.5) is 16.8 Å². The summed E-state index contributed by atoms with van der Waals surface area (Å²) in [6.45, 7) is 3.33. The summed E-state index contributed by atoms with van der Waals surface area (Å²) in [4.78, 5) is 32.3. The van der Waals surface area contributed by atoms with Gasteiger partial charge in [-0.1, -0.05) is 0 Å². The Morgan fingerprint density at radius 1 is 1.48 bits per heavy atom. The molecule has 0 spiro atoms. The van der Waals surface area contributed by atoms with Crippen LogP contribution < -0.4 is 16.0 Å². The predicted octanol–water partition coefficient (Wildman–Crippen LogP) is 1.88. The van der Waals surface area contributed by atoms with E-state index in [-0.39, 0.29) is 11.8 Å². The van der Waals surface area contributed by atoms with Crippen molar-refractivity contribution in [2.75, 3.05) is 23.3 Å². The molecule has 1 amide bonds. The van der Waals surface area contributed by atoms with E-state index in [1.807, 2.05) is 6.92 Å². The number of carbonyl (C=O) groups excluding carboxylic acids is 1. The Morgan fingerprint density at radius 3 is 3.12 bits per heavy atom.